The van der Waals surface area contributed by atoms with Crippen LogP contribution >= 0.6 is 0 Å². The van der Waals surface area contributed by atoms with Gasteiger partial charge in [0.1, 0.15) is 6.04 Å². The van der Waals surface area contributed by atoms with Gasteiger partial charge < -0.3 is 5.11 Å². The minimum Gasteiger partial charge on any atom is -0.480 e. The van der Waals surface area contributed by atoms with Crippen molar-refractivity contribution in [3.05, 3.63) is 0 Å². The Morgan fingerprint density at radius 3 is 2.24 bits per heavy atom. The predicted molar refractivity (Wildman–Crippen MR) is 61.3 cm³/mol. The van der Waals surface area contributed by atoms with E-state index in [-0.39, 0.29) is 24.7 Å². The quantitative estimate of drug-likeness (QED) is 0.741. The van der Waals surface area contributed by atoms with Crippen LogP contribution in [0.25, 0.3) is 0 Å². The number of carboxylic acid groups (broad SMARTS) is 1. The summed E-state index contributed by atoms with van der Waals surface area (Å²) in [5, 5.41) is 9.13. The fourth-order valence-electron chi connectivity index (χ4n) is 2.04. The first-order valence-electron chi connectivity index (χ1n) is 6.15. The maximum atomic E-state index is 11.8. The Kier molecular flexibility index (Phi) is 5.12. The average Bonchev–Trinajstić information content (AvgIpc) is 2.43. The molecule has 0 aromatic carbocycles. The van der Waals surface area contributed by atoms with E-state index in [1.165, 1.54) is 0 Å². The fourth-order valence-corrected chi connectivity index (χ4v) is 2.04. The molecule has 1 aliphatic heterocycles. The lowest BCUT2D eigenvalue weighted by atomic mass is 10.1. The highest BCUT2D eigenvalue weighted by molar-refractivity contribution is 5.99. The minimum atomic E-state index is -1.08. The number of imide groups is 1. The zero-order valence-electron chi connectivity index (χ0n) is 10.1. The first-order valence-corrected chi connectivity index (χ1v) is 6.15. The van der Waals surface area contributed by atoms with Crippen LogP contribution in [0.15, 0.2) is 0 Å². The Labute approximate surface area is 101 Å². The van der Waals surface area contributed by atoms with Gasteiger partial charge >= 0.3 is 5.97 Å². The van der Waals surface area contributed by atoms with E-state index in [1.54, 1.807) is 0 Å². The average molecular weight is 241 g/mol. The highest BCUT2D eigenvalue weighted by Gasteiger charge is 2.34. The molecule has 5 nitrogen and oxygen atoms in total. The zero-order valence-corrected chi connectivity index (χ0v) is 10.1. The van der Waals surface area contributed by atoms with Gasteiger partial charge in [0.25, 0.3) is 0 Å². The minimum absolute atomic E-state index is 0.279. The largest absolute Gasteiger partial charge is 0.480 e. The monoisotopic (exact) mass is 241 g/mol. The van der Waals surface area contributed by atoms with Crippen LogP contribution in [0.3, 0.4) is 0 Å². The first kappa shape index (κ1) is 13.7. The van der Waals surface area contributed by atoms with E-state index >= 15 is 0 Å². The Hall–Kier alpha value is -1.39. The van der Waals surface area contributed by atoms with Crippen LogP contribution in [0, 0.1) is 0 Å². The molecule has 1 atom stereocenters. The van der Waals surface area contributed by atoms with Gasteiger partial charge in [-0.2, -0.15) is 0 Å². The van der Waals surface area contributed by atoms with Crippen LogP contribution in [0.4, 0.5) is 0 Å². The molecule has 0 bridgehead atoms. The predicted octanol–water partition coefficient (Wildman–Crippen LogP) is 1.56. The molecule has 0 saturated carbocycles. The molecule has 5 heteroatoms. The van der Waals surface area contributed by atoms with Crippen molar-refractivity contribution in [1.29, 1.82) is 0 Å². The SMILES string of the molecule is CCCCC(C(=O)O)N1C(=O)CCCCC1=O. The van der Waals surface area contributed by atoms with E-state index in [0.29, 0.717) is 25.7 Å². The van der Waals surface area contributed by atoms with Crippen molar-refractivity contribution in [2.24, 2.45) is 0 Å². The van der Waals surface area contributed by atoms with Gasteiger partial charge in [-0.05, 0) is 19.3 Å². The summed E-state index contributed by atoms with van der Waals surface area (Å²) in [5.74, 6) is -1.76. The highest BCUT2D eigenvalue weighted by atomic mass is 16.4. The van der Waals surface area contributed by atoms with Crippen molar-refractivity contribution in [2.75, 3.05) is 0 Å². The van der Waals surface area contributed by atoms with Crippen LogP contribution in [0.1, 0.15) is 51.9 Å². The van der Waals surface area contributed by atoms with Crippen LogP contribution in [-0.2, 0) is 14.4 Å². The summed E-state index contributed by atoms with van der Waals surface area (Å²) >= 11 is 0. The number of hydrogen-bond acceptors (Lipinski definition) is 3. The standard InChI is InChI=1S/C12H19NO4/c1-2-3-6-9(12(16)17)13-10(14)7-4-5-8-11(13)15/h9H,2-8H2,1H3,(H,16,17). The van der Waals surface area contributed by atoms with Crippen LogP contribution < -0.4 is 0 Å². The van der Waals surface area contributed by atoms with E-state index < -0.39 is 12.0 Å². The molecule has 0 radical (unpaired) electrons. The van der Waals surface area contributed by atoms with E-state index in [0.717, 1.165) is 11.3 Å². The number of aliphatic carboxylic acids is 1. The molecule has 1 rings (SSSR count). The van der Waals surface area contributed by atoms with Gasteiger partial charge in [-0.3, -0.25) is 14.5 Å². The third kappa shape index (κ3) is 3.54. The van der Waals surface area contributed by atoms with Crippen molar-refractivity contribution in [3.63, 3.8) is 0 Å². The molecular weight excluding hydrogens is 222 g/mol. The highest BCUT2D eigenvalue weighted by Crippen LogP contribution is 2.18. The summed E-state index contributed by atoms with van der Waals surface area (Å²) in [7, 11) is 0. The number of carbonyl (C=O) groups excluding carboxylic acids is 2. The Balaban J connectivity index is 2.84. The number of carbonyl (C=O) groups is 3. The molecule has 1 heterocycles. The number of amides is 2. The maximum absolute atomic E-state index is 11.8. The fraction of sp³-hybridized carbons (Fsp3) is 0.750. The Morgan fingerprint density at radius 2 is 1.82 bits per heavy atom. The van der Waals surface area contributed by atoms with Gasteiger partial charge in [0.2, 0.25) is 11.8 Å². The molecule has 1 saturated heterocycles. The topological polar surface area (TPSA) is 74.7 Å². The van der Waals surface area contributed by atoms with Crippen molar-refractivity contribution >= 4 is 17.8 Å². The Bertz CT molecular complexity index is 296. The second-order valence-electron chi connectivity index (χ2n) is 4.36. The summed E-state index contributed by atoms with van der Waals surface area (Å²) < 4.78 is 0. The van der Waals surface area contributed by atoms with Gasteiger partial charge in [-0.15, -0.1) is 0 Å². The number of rotatable bonds is 5. The third-order valence-electron chi connectivity index (χ3n) is 3.00. The summed E-state index contributed by atoms with van der Waals surface area (Å²) in [6, 6.07) is -0.979. The summed E-state index contributed by atoms with van der Waals surface area (Å²) in [5.41, 5.74) is 0. The van der Waals surface area contributed by atoms with E-state index in [2.05, 4.69) is 0 Å². The van der Waals surface area contributed by atoms with Crippen molar-refractivity contribution in [3.8, 4) is 0 Å². The Morgan fingerprint density at radius 1 is 1.29 bits per heavy atom. The molecular formula is C12H19NO4. The molecule has 1 aliphatic rings. The van der Waals surface area contributed by atoms with Crippen LogP contribution in [-0.4, -0.2) is 33.8 Å². The van der Waals surface area contributed by atoms with Crippen LogP contribution in [0.2, 0.25) is 0 Å². The molecule has 0 aromatic heterocycles. The number of nitrogens with zero attached hydrogens (tertiary/aromatic N) is 1. The smallest absolute Gasteiger partial charge is 0.326 e. The molecule has 17 heavy (non-hydrogen) atoms. The summed E-state index contributed by atoms with van der Waals surface area (Å²) in [6.45, 7) is 1.95. The van der Waals surface area contributed by atoms with Gasteiger partial charge in [0.05, 0.1) is 0 Å². The summed E-state index contributed by atoms with van der Waals surface area (Å²) in [6.07, 6.45) is 3.79. The lowest BCUT2D eigenvalue weighted by Gasteiger charge is -2.25. The van der Waals surface area contributed by atoms with Gasteiger partial charge in [-0.25, -0.2) is 4.79 Å². The lowest BCUT2D eigenvalue weighted by molar-refractivity contribution is -0.157. The summed E-state index contributed by atoms with van der Waals surface area (Å²) in [4.78, 5) is 35.7. The molecule has 0 aliphatic carbocycles. The first-order chi connectivity index (χ1) is 8.07. The molecule has 1 unspecified atom stereocenters. The van der Waals surface area contributed by atoms with Crippen molar-refractivity contribution < 1.29 is 19.5 Å². The van der Waals surface area contributed by atoms with E-state index in [4.69, 9.17) is 5.11 Å². The van der Waals surface area contributed by atoms with E-state index in [9.17, 15) is 14.4 Å². The number of carboxylic acids is 1. The number of hydrogen-bond donors (Lipinski definition) is 1. The maximum Gasteiger partial charge on any atom is 0.326 e. The van der Waals surface area contributed by atoms with Crippen molar-refractivity contribution in [1.82, 2.24) is 4.90 Å². The molecule has 2 amide bonds. The number of likely N-dealkylation sites (tertiary alicyclic amines) is 1. The molecule has 0 spiro atoms. The second kappa shape index (κ2) is 6.37. The normalized spacial score (nSPS) is 19.0. The molecule has 1 fully saturated rings. The van der Waals surface area contributed by atoms with Crippen molar-refractivity contribution in [2.45, 2.75) is 57.9 Å². The van der Waals surface area contributed by atoms with Gasteiger partial charge in [0, 0.05) is 12.8 Å². The number of unbranched alkanes of at least 4 members (excludes halogenated alkanes) is 1. The molecule has 96 valence electrons. The lowest BCUT2D eigenvalue weighted by Crippen LogP contribution is -2.47. The van der Waals surface area contributed by atoms with E-state index in [1.807, 2.05) is 6.92 Å². The zero-order chi connectivity index (χ0) is 12.8. The van der Waals surface area contributed by atoms with Crippen LogP contribution in [0.5, 0.6) is 0 Å². The van der Waals surface area contributed by atoms with Gasteiger partial charge in [-0.1, -0.05) is 19.8 Å². The second-order valence-corrected chi connectivity index (χ2v) is 4.36. The molecule has 1 N–H and O–H groups in total. The van der Waals surface area contributed by atoms with Gasteiger partial charge in [0.15, 0.2) is 0 Å². The third-order valence-corrected chi connectivity index (χ3v) is 3.00. The molecule has 0 aromatic rings.